The van der Waals surface area contributed by atoms with E-state index >= 15 is 0 Å². The van der Waals surface area contributed by atoms with Gasteiger partial charge < -0.3 is 4.74 Å². The van der Waals surface area contributed by atoms with Crippen LogP contribution in [0.25, 0.3) is 11.1 Å². The third-order valence-corrected chi connectivity index (χ3v) is 4.60. The molecule has 1 aromatic carbocycles. The fraction of sp³-hybridized carbons (Fsp3) is 0.214. The van der Waals surface area contributed by atoms with Gasteiger partial charge in [0.05, 0.1) is 16.7 Å². The van der Waals surface area contributed by atoms with Crippen molar-refractivity contribution >= 4 is 40.5 Å². The van der Waals surface area contributed by atoms with E-state index in [1.807, 2.05) is 0 Å². The van der Waals surface area contributed by atoms with Crippen LogP contribution in [0, 0.1) is 0 Å². The lowest BCUT2D eigenvalue weighted by molar-refractivity contribution is -0.133. The molecule has 2 rings (SSSR count). The van der Waals surface area contributed by atoms with Crippen molar-refractivity contribution in [1.29, 1.82) is 0 Å². The summed E-state index contributed by atoms with van der Waals surface area (Å²) in [5.74, 6) is -0.788. The quantitative estimate of drug-likeness (QED) is 0.628. The molecule has 0 amide bonds. The van der Waals surface area contributed by atoms with E-state index in [0.717, 1.165) is 6.07 Å². The first kappa shape index (κ1) is 17.1. The second kappa shape index (κ2) is 6.48. The van der Waals surface area contributed by atoms with Crippen molar-refractivity contribution in [3.63, 3.8) is 0 Å². The Hall–Kier alpha value is -1.24. The van der Waals surface area contributed by atoms with Crippen molar-refractivity contribution in [1.82, 2.24) is 0 Å². The highest BCUT2D eigenvalue weighted by Gasteiger charge is 2.37. The first-order valence-corrected chi connectivity index (χ1v) is 7.64. The number of hydrogen-bond acceptors (Lipinski definition) is 3. The standard InChI is InChI=1S/C14H9Cl2F3O2S/c1-2-21-13(20)11-6-8(12(22-11)14(17,18)19)7-3-4-9(15)10(16)5-7/h3-6H,2H2,1H3. The van der Waals surface area contributed by atoms with E-state index in [1.54, 1.807) is 6.92 Å². The Bertz CT molecular complexity index is 711. The Morgan fingerprint density at radius 3 is 2.45 bits per heavy atom. The van der Waals surface area contributed by atoms with Crippen LogP contribution >= 0.6 is 34.5 Å². The van der Waals surface area contributed by atoms with Gasteiger partial charge in [0, 0.05) is 5.56 Å². The summed E-state index contributed by atoms with van der Waals surface area (Å²) in [6.07, 6.45) is -4.59. The molecule has 0 fully saturated rings. The number of thiophene rings is 1. The van der Waals surface area contributed by atoms with Crippen LogP contribution in [0.15, 0.2) is 24.3 Å². The van der Waals surface area contributed by atoms with Gasteiger partial charge in [0.2, 0.25) is 0 Å². The van der Waals surface area contributed by atoms with Gasteiger partial charge in [-0.3, -0.25) is 0 Å². The maximum absolute atomic E-state index is 13.2. The maximum atomic E-state index is 13.2. The van der Waals surface area contributed by atoms with Crippen molar-refractivity contribution in [2.24, 2.45) is 0 Å². The molecule has 0 saturated carbocycles. The molecule has 0 spiro atoms. The molecule has 8 heteroatoms. The van der Waals surface area contributed by atoms with Gasteiger partial charge in [-0.05, 0) is 30.7 Å². The molecule has 1 aromatic heterocycles. The van der Waals surface area contributed by atoms with Gasteiger partial charge >= 0.3 is 12.1 Å². The van der Waals surface area contributed by atoms with Crippen LogP contribution in [0.4, 0.5) is 13.2 Å². The predicted molar refractivity (Wildman–Crippen MR) is 80.7 cm³/mol. The molecule has 0 atom stereocenters. The smallest absolute Gasteiger partial charge is 0.426 e. The summed E-state index contributed by atoms with van der Waals surface area (Å²) in [4.78, 5) is 10.7. The zero-order valence-electron chi connectivity index (χ0n) is 11.1. The zero-order chi connectivity index (χ0) is 16.5. The van der Waals surface area contributed by atoms with Crippen molar-refractivity contribution < 1.29 is 22.7 Å². The predicted octanol–water partition coefficient (Wildman–Crippen LogP) is 5.92. The average molecular weight is 369 g/mol. The topological polar surface area (TPSA) is 26.3 Å². The van der Waals surface area contributed by atoms with Crippen molar-refractivity contribution in [2.75, 3.05) is 6.61 Å². The number of hydrogen-bond donors (Lipinski definition) is 0. The largest absolute Gasteiger partial charge is 0.462 e. The summed E-state index contributed by atoms with van der Waals surface area (Å²) in [7, 11) is 0. The van der Waals surface area contributed by atoms with E-state index in [4.69, 9.17) is 27.9 Å². The average Bonchev–Trinajstić information content (AvgIpc) is 2.87. The van der Waals surface area contributed by atoms with E-state index in [1.165, 1.54) is 18.2 Å². The van der Waals surface area contributed by atoms with Gasteiger partial charge in [-0.2, -0.15) is 13.2 Å². The van der Waals surface area contributed by atoms with Crippen LogP contribution in [0.2, 0.25) is 10.0 Å². The molecule has 0 radical (unpaired) electrons. The summed E-state index contributed by atoms with van der Waals surface area (Å²) >= 11 is 12.0. The Morgan fingerprint density at radius 2 is 1.91 bits per heavy atom. The Kier molecular flexibility index (Phi) is 5.04. The minimum absolute atomic E-state index is 0.0835. The van der Waals surface area contributed by atoms with Crippen LogP contribution < -0.4 is 0 Å². The third-order valence-electron chi connectivity index (χ3n) is 2.70. The van der Waals surface area contributed by atoms with E-state index in [-0.39, 0.29) is 32.7 Å². The van der Waals surface area contributed by atoms with E-state index in [2.05, 4.69) is 0 Å². The summed E-state index contributed by atoms with van der Waals surface area (Å²) in [5, 5.41) is 0.371. The molecule has 0 aliphatic heterocycles. The first-order valence-electron chi connectivity index (χ1n) is 6.07. The minimum atomic E-state index is -4.59. The molecule has 0 N–H and O–H groups in total. The van der Waals surface area contributed by atoms with Crippen LogP contribution in [0.3, 0.4) is 0 Å². The second-order valence-corrected chi connectivity index (χ2v) is 6.07. The van der Waals surface area contributed by atoms with Gasteiger partial charge in [0.1, 0.15) is 9.75 Å². The number of benzene rings is 1. The van der Waals surface area contributed by atoms with E-state index in [9.17, 15) is 18.0 Å². The SMILES string of the molecule is CCOC(=O)c1cc(-c2ccc(Cl)c(Cl)c2)c(C(F)(F)F)s1. The molecule has 1 heterocycles. The summed E-state index contributed by atoms with van der Waals surface area (Å²) in [6.45, 7) is 1.66. The summed E-state index contributed by atoms with van der Waals surface area (Å²) < 4.78 is 44.3. The molecule has 2 aromatic rings. The lowest BCUT2D eigenvalue weighted by atomic mass is 10.1. The molecular formula is C14H9Cl2F3O2S. The normalized spacial score (nSPS) is 11.5. The number of halogens is 5. The second-order valence-electron chi connectivity index (χ2n) is 4.20. The Morgan fingerprint density at radius 1 is 1.23 bits per heavy atom. The lowest BCUT2D eigenvalue weighted by Crippen LogP contribution is -2.03. The third kappa shape index (κ3) is 3.56. The van der Waals surface area contributed by atoms with E-state index < -0.39 is 17.0 Å². The minimum Gasteiger partial charge on any atom is -0.462 e. The molecule has 2 nitrogen and oxygen atoms in total. The number of esters is 1. The molecular weight excluding hydrogens is 360 g/mol. The van der Waals surface area contributed by atoms with Gasteiger partial charge in [-0.1, -0.05) is 29.3 Å². The van der Waals surface area contributed by atoms with Crippen molar-refractivity contribution in [3.05, 3.63) is 44.1 Å². The highest BCUT2D eigenvalue weighted by molar-refractivity contribution is 7.14. The Labute approximate surface area is 138 Å². The molecule has 22 heavy (non-hydrogen) atoms. The highest BCUT2D eigenvalue weighted by Crippen LogP contribution is 2.43. The number of rotatable bonds is 3. The molecule has 118 valence electrons. The fourth-order valence-corrected chi connectivity index (χ4v) is 3.02. The zero-order valence-corrected chi connectivity index (χ0v) is 13.5. The highest BCUT2D eigenvalue weighted by atomic mass is 35.5. The maximum Gasteiger partial charge on any atom is 0.426 e. The molecule has 0 aliphatic carbocycles. The lowest BCUT2D eigenvalue weighted by Gasteiger charge is -2.08. The molecule has 0 unspecified atom stereocenters. The Balaban J connectivity index is 2.57. The molecule has 0 bridgehead atoms. The number of carbonyl (C=O) groups excluding carboxylic acids is 1. The number of carbonyl (C=O) groups is 1. The van der Waals surface area contributed by atoms with Gasteiger partial charge in [0.25, 0.3) is 0 Å². The van der Waals surface area contributed by atoms with Crippen LogP contribution in [0.5, 0.6) is 0 Å². The van der Waals surface area contributed by atoms with Gasteiger partial charge in [0.15, 0.2) is 0 Å². The monoisotopic (exact) mass is 368 g/mol. The van der Waals surface area contributed by atoms with E-state index in [0.29, 0.717) is 11.3 Å². The number of ether oxygens (including phenoxy) is 1. The summed E-state index contributed by atoms with van der Waals surface area (Å²) in [5.41, 5.74) is 0.104. The summed E-state index contributed by atoms with van der Waals surface area (Å²) in [6, 6.07) is 5.31. The van der Waals surface area contributed by atoms with Gasteiger partial charge in [-0.15, -0.1) is 11.3 Å². The number of alkyl halides is 3. The van der Waals surface area contributed by atoms with Crippen molar-refractivity contribution in [3.8, 4) is 11.1 Å². The van der Waals surface area contributed by atoms with Crippen LogP contribution in [-0.2, 0) is 10.9 Å². The fourth-order valence-electron chi connectivity index (χ4n) is 1.78. The van der Waals surface area contributed by atoms with Crippen molar-refractivity contribution in [2.45, 2.75) is 13.1 Å². The first-order chi connectivity index (χ1) is 10.2. The molecule has 0 saturated heterocycles. The van der Waals surface area contributed by atoms with Gasteiger partial charge in [-0.25, -0.2) is 4.79 Å². The van der Waals surface area contributed by atoms with Crippen LogP contribution in [-0.4, -0.2) is 12.6 Å². The molecule has 0 aliphatic rings. The van der Waals surface area contributed by atoms with Crippen LogP contribution in [0.1, 0.15) is 21.5 Å².